The Labute approximate surface area is 497 Å². The van der Waals surface area contributed by atoms with Crippen LogP contribution < -0.4 is 10.2 Å². The summed E-state index contributed by atoms with van der Waals surface area (Å²) < 4.78 is 23.5. The number of phosphoric acid groups is 1. The molecular weight excluding hydrogens is 1010 g/mol. The van der Waals surface area contributed by atoms with Crippen molar-refractivity contribution in [2.24, 2.45) is 0 Å². The standard InChI is InChI=1S/C71H133N2O6P/c1-6-8-10-12-14-16-18-20-22-24-26-28-30-32-33-34-35-36-37-38-39-41-43-45-47-49-51-53-55-57-59-61-63-65-71(75)72-69(68-79-80(76,77)78-67-66-73(3,4)5)70(74)64-62-60-58-56-54-52-50-48-46-44-42-40-31-29-27-25-23-21-19-17-15-13-11-9-7-2/h8,10,14,16,20,22,26,28,32-33,62,64,69-70,74H,6-7,9,11-13,15,17-19,21,23-25,27,29-31,34-61,63,65-68H2,1-5H3,(H-,72,75,76,77)/b10-8-,16-14-,22-20-,28-26-,33-32-,64-62+. The van der Waals surface area contributed by atoms with Gasteiger partial charge in [0.2, 0.25) is 5.91 Å². The third-order valence-corrected chi connectivity index (χ3v) is 16.4. The number of aliphatic hydroxyl groups is 1. The van der Waals surface area contributed by atoms with Gasteiger partial charge in [-0.25, -0.2) is 0 Å². The largest absolute Gasteiger partial charge is 0.756 e. The van der Waals surface area contributed by atoms with Crippen LogP contribution in [0.25, 0.3) is 0 Å². The van der Waals surface area contributed by atoms with Crippen LogP contribution >= 0.6 is 7.82 Å². The summed E-state index contributed by atoms with van der Waals surface area (Å²) in [7, 11) is 1.27. The third-order valence-electron chi connectivity index (χ3n) is 15.4. The Bertz CT molecular complexity index is 1530. The van der Waals surface area contributed by atoms with E-state index < -0.39 is 20.0 Å². The summed E-state index contributed by atoms with van der Waals surface area (Å²) >= 11 is 0. The molecule has 2 N–H and O–H groups in total. The number of nitrogens with one attached hydrogen (secondary N) is 1. The summed E-state index contributed by atoms with van der Waals surface area (Å²) in [6, 6.07) is -0.890. The molecule has 468 valence electrons. The quantitative estimate of drug-likeness (QED) is 0.0272. The Morgan fingerprint density at radius 2 is 0.762 bits per heavy atom. The van der Waals surface area contributed by atoms with E-state index in [1.807, 2.05) is 27.2 Å². The first-order valence-corrected chi connectivity index (χ1v) is 35.8. The number of unbranched alkanes of at least 4 members (excludes halogenated alkanes) is 40. The molecule has 0 aliphatic rings. The van der Waals surface area contributed by atoms with Gasteiger partial charge in [0, 0.05) is 6.42 Å². The highest BCUT2D eigenvalue weighted by atomic mass is 31.2. The van der Waals surface area contributed by atoms with E-state index in [9.17, 15) is 19.4 Å². The number of likely N-dealkylation sites (N-methyl/N-ethyl adjacent to an activating group) is 1. The molecule has 0 heterocycles. The predicted octanol–water partition coefficient (Wildman–Crippen LogP) is 21.1. The van der Waals surface area contributed by atoms with Gasteiger partial charge in [-0.15, -0.1) is 0 Å². The first kappa shape index (κ1) is 77.9. The van der Waals surface area contributed by atoms with Crippen LogP contribution in [0.1, 0.15) is 322 Å². The number of nitrogens with zero attached hydrogens (tertiary/aromatic N) is 1. The van der Waals surface area contributed by atoms with Crippen molar-refractivity contribution < 1.29 is 32.9 Å². The zero-order valence-corrected chi connectivity index (χ0v) is 54.4. The third kappa shape index (κ3) is 63.5. The minimum absolute atomic E-state index is 0.00138. The Kier molecular flexibility index (Phi) is 59.9. The molecule has 0 aromatic carbocycles. The van der Waals surface area contributed by atoms with E-state index in [4.69, 9.17) is 9.05 Å². The first-order valence-electron chi connectivity index (χ1n) is 34.3. The van der Waals surface area contributed by atoms with Crippen molar-refractivity contribution in [1.29, 1.82) is 0 Å². The fraction of sp³-hybridized carbons (Fsp3) is 0.817. The zero-order chi connectivity index (χ0) is 58.4. The molecule has 0 radical (unpaired) electrons. The molecule has 80 heavy (non-hydrogen) atoms. The van der Waals surface area contributed by atoms with Crippen molar-refractivity contribution in [1.82, 2.24) is 5.32 Å². The molecule has 0 rings (SSSR count). The van der Waals surface area contributed by atoms with Crippen molar-refractivity contribution in [3.8, 4) is 0 Å². The molecule has 0 aromatic rings. The van der Waals surface area contributed by atoms with E-state index in [0.717, 1.165) is 70.6 Å². The topological polar surface area (TPSA) is 108 Å². The maximum Gasteiger partial charge on any atom is 0.268 e. The number of phosphoric ester groups is 1. The highest BCUT2D eigenvalue weighted by molar-refractivity contribution is 7.45. The molecule has 0 fully saturated rings. The minimum Gasteiger partial charge on any atom is -0.756 e. The average molecular weight is 1140 g/mol. The molecule has 3 unspecified atom stereocenters. The van der Waals surface area contributed by atoms with Crippen LogP contribution in [0.5, 0.6) is 0 Å². The van der Waals surface area contributed by atoms with Crippen molar-refractivity contribution in [3.05, 3.63) is 72.9 Å². The van der Waals surface area contributed by atoms with Gasteiger partial charge in [0.15, 0.2) is 0 Å². The number of carbonyl (C=O) groups excluding carboxylic acids is 1. The molecular formula is C71H133N2O6P. The van der Waals surface area contributed by atoms with E-state index in [0.29, 0.717) is 17.4 Å². The van der Waals surface area contributed by atoms with Crippen LogP contribution in [-0.2, 0) is 18.4 Å². The van der Waals surface area contributed by atoms with E-state index in [1.54, 1.807) is 6.08 Å². The van der Waals surface area contributed by atoms with Gasteiger partial charge < -0.3 is 28.8 Å². The number of quaternary nitrogens is 1. The number of amides is 1. The lowest BCUT2D eigenvalue weighted by atomic mass is 10.0. The number of aliphatic hydroxyl groups excluding tert-OH is 1. The van der Waals surface area contributed by atoms with Crippen molar-refractivity contribution in [2.45, 2.75) is 334 Å². The summed E-state index contributed by atoms with van der Waals surface area (Å²) in [4.78, 5) is 25.6. The fourth-order valence-electron chi connectivity index (χ4n) is 10.1. The van der Waals surface area contributed by atoms with E-state index in [-0.39, 0.29) is 19.1 Å². The molecule has 3 atom stereocenters. The van der Waals surface area contributed by atoms with Gasteiger partial charge in [-0.3, -0.25) is 9.36 Å². The number of hydrogen-bond acceptors (Lipinski definition) is 6. The second-order valence-electron chi connectivity index (χ2n) is 24.5. The highest BCUT2D eigenvalue weighted by Gasteiger charge is 2.23. The van der Waals surface area contributed by atoms with Crippen LogP contribution in [0.2, 0.25) is 0 Å². The van der Waals surface area contributed by atoms with Crippen molar-refractivity contribution in [2.75, 3.05) is 40.9 Å². The molecule has 0 aromatic heterocycles. The summed E-state index contributed by atoms with van der Waals surface area (Å²) in [5.74, 6) is -0.194. The van der Waals surface area contributed by atoms with E-state index in [1.165, 1.54) is 231 Å². The molecule has 0 aliphatic heterocycles. The molecule has 8 nitrogen and oxygen atoms in total. The summed E-state index contributed by atoms with van der Waals surface area (Å²) in [5, 5.41) is 14.0. The SMILES string of the molecule is CC/C=C\C/C=C\C/C=C\C/C=C\C/C=C\CCCCCCCCCCCCCCCCCCCC(=O)NC(COP(=O)([O-])OCC[N+](C)(C)C)C(O)/C=C/CCCCCCCCCCCCCCCCCCCCCCCCC. The molecule has 0 saturated heterocycles. The molecule has 9 heteroatoms. The Balaban J connectivity index is 4.07. The predicted molar refractivity (Wildman–Crippen MR) is 348 cm³/mol. The van der Waals surface area contributed by atoms with Gasteiger partial charge in [0.1, 0.15) is 13.2 Å². The lowest BCUT2D eigenvalue weighted by molar-refractivity contribution is -0.870. The van der Waals surface area contributed by atoms with Crippen LogP contribution in [0, 0.1) is 0 Å². The lowest BCUT2D eigenvalue weighted by Gasteiger charge is -2.29. The monoisotopic (exact) mass is 1140 g/mol. The number of allylic oxidation sites excluding steroid dienone is 11. The van der Waals surface area contributed by atoms with Crippen LogP contribution in [0.15, 0.2) is 72.9 Å². The molecule has 0 spiro atoms. The van der Waals surface area contributed by atoms with Gasteiger partial charge >= 0.3 is 0 Å². The Hall–Kier alpha value is -2.06. The van der Waals surface area contributed by atoms with Crippen molar-refractivity contribution in [3.63, 3.8) is 0 Å². The summed E-state index contributed by atoms with van der Waals surface area (Å²) in [6.07, 6.45) is 85.8. The van der Waals surface area contributed by atoms with Gasteiger partial charge in [0.05, 0.1) is 39.9 Å². The lowest BCUT2D eigenvalue weighted by Crippen LogP contribution is -2.45. The normalized spacial score (nSPS) is 14.1. The summed E-state index contributed by atoms with van der Waals surface area (Å²) in [5.41, 5.74) is 0. The van der Waals surface area contributed by atoms with Gasteiger partial charge in [-0.1, -0.05) is 324 Å². The number of carbonyl (C=O) groups is 1. The minimum atomic E-state index is -4.60. The van der Waals surface area contributed by atoms with Crippen LogP contribution in [0.4, 0.5) is 0 Å². The Morgan fingerprint density at radius 1 is 0.450 bits per heavy atom. The Morgan fingerprint density at radius 3 is 1.11 bits per heavy atom. The maximum absolute atomic E-state index is 13.0. The average Bonchev–Trinajstić information content (AvgIpc) is 3.42. The highest BCUT2D eigenvalue weighted by Crippen LogP contribution is 2.38. The van der Waals surface area contributed by atoms with E-state index in [2.05, 4.69) is 79.9 Å². The van der Waals surface area contributed by atoms with Gasteiger partial charge in [0.25, 0.3) is 7.82 Å². The maximum atomic E-state index is 13.0. The van der Waals surface area contributed by atoms with Gasteiger partial charge in [-0.2, -0.15) is 0 Å². The first-order chi connectivity index (χ1) is 39.0. The van der Waals surface area contributed by atoms with Crippen LogP contribution in [-0.4, -0.2) is 68.5 Å². The van der Waals surface area contributed by atoms with Gasteiger partial charge in [-0.05, 0) is 64.2 Å². The molecule has 0 saturated carbocycles. The molecule has 0 bridgehead atoms. The summed E-state index contributed by atoms with van der Waals surface area (Å²) in [6.45, 7) is 4.58. The second kappa shape index (κ2) is 61.5. The second-order valence-corrected chi connectivity index (χ2v) is 25.9. The van der Waals surface area contributed by atoms with E-state index >= 15 is 0 Å². The fourth-order valence-corrected chi connectivity index (χ4v) is 10.8. The molecule has 1 amide bonds. The smallest absolute Gasteiger partial charge is 0.268 e. The zero-order valence-electron chi connectivity index (χ0n) is 53.5. The van der Waals surface area contributed by atoms with Crippen LogP contribution in [0.3, 0.4) is 0 Å². The van der Waals surface area contributed by atoms with Crippen molar-refractivity contribution >= 4 is 13.7 Å². The molecule has 0 aliphatic carbocycles. The number of rotatable bonds is 63. The number of hydrogen-bond donors (Lipinski definition) is 2.